The number of fused-ring (bicyclic) bond motifs is 2. The Hall–Kier alpha value is -1.62. The number of aliphatic hydroxyl groups is 1. The molecule has 5 nitrogen and oxygen atoms in total. The quantitative estimate of drug-likeness (QED) is 0.613. The lowest BCUT2D eigenvalue weighted by Crippen LogP contribution is -2.55. The molecule has 1 aliphatic heterocycles. The first-order valence-electron chi connectivity index (χ1n) is 9.11. The van der Waals surface area contributed by atoms with Crippen molar-refractivity contribution in [2.24, 2.45) is 17.3 Å². The van der Waals surface area contributed by atoms with Crippen LogP contribution in [0.15, 0.2) is 22.8 Å². The van der Waals surface area contributed by atoms with Crippen LogP contribution in [0.5, 0.6) is 0 Å². The Morgan fingerprint density at radius 3 is 2.72 bits per heavy atom. The normalized spacial score (nSPS) is 41.1. The Morgan fingerprint density at radius 1 is 1.40 bits per heavy atom. The molecule has 138 valence electrons. The fourth-order valence-corrected chi connectivity index (χ4v) is 4.72. The van der Waals surface area contributed by atoms with Gasteiger partial charge in [-0.05, 0) is 62.9 Å². The number of carbonyl (C=O) groups is 2. The summed E-state index contributed by atoms with van der Waals surface area (Å²) in [6.07, 6.45) is 2.37. The molecule has 0 aromatic rings. The van der Waals surface area contributed by atoms with E-state index >= 15 is 0 Å². The molecule has 0 saturated heterocycles. The van der Waals surface area contributed by atoms with E-state index in [-0.39, 0.29) is 35.3 Å². The van der Waals surface area contributed by atoms with E-state index < -0.39 is 12.2 Å². The highest BCUT2D eigenvalue weighted by Gasteiger charge is 2.57. The van der Waals surface area contributed by atoms with Crippen LogP contribution in [0.4, 0.5) is 0 Å². The first-order valence-corrected chi connectivity index (χ1v) is 9.11. The summed E-state index contributed by atoms with van der Waals surface area (Å²) >= 11 is 0. The Bertz CT molecular complexity index is 661. The monoisotopic (exact) mass is 348 g/mol. The Balaban J connectivity index is 1.84. The van der Waals surface area contributed by atoms with Gasteiger partial charge in [-0.15, -0.1) is 0 Å². The van der Waals surface area contributed by atoms with Gasteiger partial charge in [-0.25, -0.2) is 9.59 Å². The third kappa shape index (κ3) is 2.82. The van der Waals surface area contributed by atoms with Crippen molar-refractivity contribution in [3.05, 3.63) is 22.8 Å². The number of carbonyl (C=O) groups excluding carboxylic acids is 2. The molecule has 2 saturated carbocycles. The summed E-state index contributed by atoms with van der Waals surface area (Å²) in [5.41, 5.74) is 2.06. The molecule has 0 radical (unpaired) electrons. The minimum Gasteiger partial charge on any atom is -0.459 e. The summed E-state index contributed by atoms with van der Waals surface area (Å²) in [5, 5.41) is 10.9. The van der Waals surface area contributed by atoms with Crippen molar-refractivity contribution in [1.82, 2.24) is 0 Å². The van der Waals surface area contributed by atoms with Gasteiger partial charge in [0.2, 0.25) is 0 Å². The molecule has 5 heteroatoms. The lowest BCUT2D eigenvalue weighted by molar-refractivity contribution is -0.169. The van der Waals surface area contributed by atoms with Gasteiger partial charge in [-0.1, -0.05) is 19.9 Å². The summed E-state index contributed by atoms with van der Waals surface area (Å²) in [6, 6.07) is 0. The van der Waals surface area contributed by atoms with Crippen LogP contribution in [0.1, 0.15) is 53.9 Å². The van der Waals surface area contributed by atoms with Gasteiger partial charge in [-0.2, -0.15) is 0 Å². The van der Waals surface area contributed by atoms with E-state index in [1.54, 1.807) is 19.9 Å². The van der Waals surface area contributed by atoms with Crippen molar-refractivity contribution < 1.29 is 24.2 Å². The summed E-state index contributed by atoms with van der Waals surface area (Å²) < 4.78 is 11.1. The van der Waals surface area contributed by atoms with Crippen molar-refractivity contribution in [1.29, 1.82) is 0 Å². The molecule has 0 amide bonds. The van der Waals surface area contributed by atoms with Gasteiger partial charge in [0.25, 0.3) is 0 Å². The molecule has 0 unspecified atom stereocenters. The van der Waals surface area contributed by atoms with Gasteiger partial charge in [0.05, 0.1) is 6.10 Å². The standard InChI is InChI=1S/C20H28O5/c1-6-10(2)18(22)24-13-7-11(3)20(5)9-14-12(4)19(23)25-17(14)16(21)15(20)8-13/h6,11,13,15-17,21H,7-9H2,1-5H3/b10-6-/t11-,13+,15+,16+,17+,20+/m0/s1. The van der Waals surface area contributed by atoms with Crippen molar-refractivity contribution in [2.45, 2.75) is 72.2 Å². The van der Waals surface area contributed by atoms with E-state index in [4.69, 9.17) is 9.47 Å². The zero-order valence-electron chi connectivity index (χ0n) is 15.7. The lowest BCUT2D eigenvalue weighted by atomic mass is 9.53. The molecule has 0 aromatic heterocycles. The number of allylic oxidation sites excluding steroid dienone is 1. The maximum absolute atomic E-state index is 12.1. The molecular formula is C20H28O5. The van der Waals surface area contributed by atoms with Gasteiger partial charge in [0.1, 0.15) is 6.10 Å². The van der Waals surface area contributed by atoms with Crippen LogP contribution in [-0.4, -0.2) is 35.4 Å². The van der Waals surface area contributed by atoms with Gasteiger partial charge in [0, 0.05) is 11.1 Å². The Morgan fingerprint density at radius 2 is 2.08 bits per heavy atom. The van der Waals surface area contributed by atoms with Crippen LogP contribution >= 0.6 is 0 Å². The minimum absolute atomic E-state index is 0.0626. The van der Waals surface area contributed by atoms with Gasteiger partial charge < -0.3 is 14.6 Å². The van der Waals surface area contributed by atoms with Crippen LogP contribution in [0.2, 0.25) is 0 Å². The number of hydrogen-bond acceptors (Lipinski definition) is 5. The number of hydrogen-bond donors (Lipinski definition) is 1. The van der Waals surface area contributed by atoms with Gasteiger partial charge in [-0.3, -0.25) is 0 Å². The molecule has 3 aliphatic rings. The lowest BCUT2D eigenvalue weighted by Gasteiger charge is -2.54. The van der Waals surface area contributed by atoms with E-state index in [0.29, 0.717) is 17.6 Å². The number of ether oxygens (including phenoxy) is 2. The SMILES string of the molecule is C/C=C(/C)C(=O)O[C@H]1C[C@@H]2[C@@H](O)[C@@H]3OC(=O)C(C)=C3C[C@]2(C)[C@@H](C)C1. The molecule has 1 heterocycles. The molecule has 2 aliphatic carbocycles. The van der Waals surface area contributed by atoms with E-state index in [1.165, 1.54) is 0 Å². The molecule has 0 bridgehead atoms. The highest BCUT2D eigenvalue weighted by atomic mass is 16.6. The van der Waals surface area contributed by atoms with Crippen LogP contribution < -0.4 is 0 Å². The summed E-state index contributed by atoms with van der Waals surface area (Å²) in [7, 11) is 0. The van der Waals surface area contributed by atoms with Crippen LogP contribution in [0.25, 0.3) is 0 Å². The van der Waals surface area contributed by atoms with Crippen LogP contribution in [0.3, 0.4) is 0 Å². The first-order chi connectivity index (χ1) is 11.7. The second-order valence-corrected chi connectivity index (χ2v) is 8.13. The van der Waals surface area contributed by atoms with E-state index in [0.717, 1.165) is 18.4 Å². The highest BCUT2D eigenvalue weighted by molar-refractivity contribution is 5.92. The van der Waals surface area contributed by atoms with E-state index in [9.17, 15) is 14.7 Å². The van der Waals surface area contributed by atoms with Crippen molar-refractivity contribution >= 4 is 11.9 Å². The van der Waals surface area contributed by atoms with E-state index in [2.05, 4.69) is 13.8 Å². The molecule has 0 spiro atoms. The first kappa shape index (κ1) is 18.2. The second-order valence-electron chi connectivity index (χ2n) is 8.13. The van der Waals surface area contributed by atoms with Crippen molar-refractivity contribution in [2.75, 3.05) is 0 Å². The molecule has 3 rings (SSSR count). The second kappa shape index (κ2) is 6.27. The molecule has 1 N–H and O–H groups in total. The third-order valence-electron chi connectivity index (χ3n) is 6.79. The number of aliphatic hydroxyl groups excluding tert-OH is 1. The maximum Gasteiger partial charge on any atom is 0.334 e. The predicted molar refractivity (Wildman–Crippen MR) is 92.5 cm³/mol. The third-order valence-corrected chi connectivity index (χ3v) is 6.79. The molecular weight excluding hydrogens is 320 g/mol. The van der Waals surface area contributed by atoms with Crippen LogP contribution in [-0.2, 0) is 19.1 Å². The van der Waals surface area contributed by atoms with Gasteiger partial charge in [0.15, 0.2) is 6.10 Å². The van der Waals surface area contributed by atoms with Crippen molar-refractivity contribution in [3.8, 4) is 0 Å². The number of esters is 2. The minimum atomic E-state index is -0.748. The average Bonchev–Trinajstić information content (AvgIpc) is 2.84. The summed E-state index contributed by atoms with van der Waals surface area (Å²) in [5.74, 6) is -0.410. The molecule has 6 atom stereocenters. The molecule has 25 heavy (non-hydrogen) atoms. The van der Waals surface area contributed by atoms with Gasteiger partial charge >= 0.3 is 11.9 Å². The fourth-order valence-electron chi connectivity index (χ4n) is 4.72. The van der Waals surface area contributed by atoms with Crippen LogP contribution in [0, 0.1) is 17.3 Å². The topological polar surface area (TPSA) is 72.8 Å². The molecule has 2 fully saturated rings. The Labute approximate surface area is 149 Å². The zero-order chi connectivity index (χ0) is 18.5. The smallest absolute Gasteiger partial charge is 0.334 e. The highest BCUT2D eigenvalue weighted by Crippen LogP contribution is 2.57. The van der Waals surface area contributed by atoms with E-state index in [1.807, 2.05) is 6.92 Å². The van der Waals surface area contributed by atoms with Crippen molar-refractivity contribution in [3.63, 3.8) is 0 Å². The fraction of sp³-hybridized carbons (Fsp3) is 0.700. The Kier molecular flexibility index (Phi) is 4.56. The largest absolute Gasteiger partial charge is 0.459 e. The zero-order valence-corrected chi connectivity index (χ0v) is 15.7. The summed E-state index contributed by atoms with van der Waals surface area (Å²) in [6.45, 7) is 9.67. The maximum atomic E-state index is 12.1. The molecule has 0 aromatic carbocycles. The predicted octanol–water partition coefficient (Wildman–Crippen LogP) is 2.92. The number of rotatable bonds is 2. The summed E-state index contributed by atoms with van der Waals surface area (Å²) in [4.78, 5) is 24.0. The average molecular weight is 348 g/mol.